The Balaban J connectivity index is 1.40. The fourth-order valence-corrected chi connectivity index (χ4v) is 5.04. The minimum atomic E-state index is -3.74. The van der Waals surface area contributed by atoms with Crippen molar-refractivity contribution in [1.82, 2.24) is 4.90 Å². The highest BCUT2D eigenvalue weighted by Gasteiger charge is 2.21. The minimum absolute atomic E-state index is 0.0861. The zero-order chi connectivity index (χ0) is 23.6. The van der Waals surface area contributed by atoms with Crippen molar-refractivity contribution in [2.75, 3.05) is 17.9 Å². The Bertz CT molecular complexity index is 1300. The molecule has 0 fully saturated rings. The van der Waals surface area contributed by atoms with E-state index in [1.165, 1.54) is 17.2 Å². The molecule has 1 heterocycles. The molecule has 4 rings (SSSR count). The molecule has 3 aromatic carbocycles. The number of nitrogens with one attached hydrogen (secondary N) is 1. The van der Waals surface area contributed by atoms with Crippen LogP contribution in [0.15, 0.2) is 65.6 Å². The summed E-state index contributed by atoms with van der Waals surface area (Å²) in [5.41, 5.74) is 5.72. The van der Waals surface area contributed by atoms with Crippen LogP contribution in [0.25, 0.3) is 0 Å². The summed E-state index contributed by atoms with van der Waals surface area (Å²) in [5, 5.41) is 0. The molecule has 0 radical (unpaired) electrons. The van der Waals surface area contributed by atoms with Crippen molar-refractivity contribution in [3.05, 3.63) is 88.5 Å². The van der Waals surface area contributed by atoms with Gasteiger partial charge < -0.3 is 9.64 Å². The number of carbonyl (C=O) groups is 1. The van der Waals surface area contributed by atoms with Gasteiger partial charge in [-0.2, -0.15) is 0 Å². The van der Waals surface area contributed by atoms with Gasteiger partial charge in [0, 0.05) is 18.8 Å². The van der Waals surface area contributed by atoms with Gasteiger partial charge >= 0.3 is 0 Å². The van der Waals surface area contributed by atoms with Gasteiger partial charge in [-0.15, -0.1) is 0 Å². The van der Waals surface area contributed by atoms with Crippen LogP contribution in [0.3, 0.4) is 0 Å². The summed E-state index contributed by atoms with van der Waals surface area (Å²) in [4.78, 5) is 14.6. The summed E-state index contributed by atoms with van der Waals surface area (Å²) < 4.78 is 34.0. The van der Waals surface area contributed by atoms with E-state index in [-0.39, 0.29) is 17.4 Å². The SMILES string of the molecule is Cc1ccc(NS(=O)(=O)c2ccc(OCC(=O)N3CCc4ccccc4C3)c(C)c2)cc1C. The first-order valence-corrected chi connectivity index (χ1v) is 12.4. The Labute approximate surface area is 195 Å². The largest absolute Gasteiger partial charge is 0.483 e. The van der Waals surface area contributed by atoms with Gasteiger partial charge in [0.1, 0.15) is 5.75 Å². The fourth-order valence-electron chi connectivity index (χ4n) is 3.91. The second-order valence-corrected chi connectivity index (χ2v) is 10.1. The molecule has 0 bridgehead atoms. The molecule has 172 valence electrons. The molecule has 0 atom stereocenters. The smallest absolute Gasteiger partial charge is 0.261 e. The first kappa shape index (κ1) is 22.9. The number of hydrogen-bond acceptors (Lipinski definition) is 4. The predicted molar refractivity (Wildman–Crippen MR) is 129 cm³/mol. The fraction of sp³-hybridized carbons (Fsp3) is 0.269. The van der Waals surface area contributed by atoms with E-state index >= 15 is 0 Å². The molecule has 7 heteroatoms. The number of fused-ring (bicyclic) bond motifs is 1. The van der Waals surface area contributed by atoms with Crippen molar-refractivity contribution in [1.29, 1.82) is 0 Å². The molecule has 3 aromatic rings. The molecule has 33 heavy (non-hydrogen) atoms. The van der Waals surface area contributed by atoms with E-state index in [0.29, 0.717) is 30.1 Å². The standard InChI is InChI=1S/C26H28N2O4S/c1-18-8-9-23(14-19(18)2)27-33(30,31)24-10-11-25(20(3)15-24)32-17-26(29)28-13-12-21-6-4-5-7-22(21)16-28/h4-11,14-15,27H,12-13,16-17H2,1-3H3. The third-order valence-corrected chi connectivity index (χ3v) is 7.43. The van der Waals surface area contributed by atoms with E-state index in [4.69, 9.17) is 4.74 Å². The van der Waals surface area contributed by atoms with E-state index in [9.17, 15) is 13.2 Å². The molecule has 0 spiro atoms. The van der Waals surface area contributed by atoms with Crippen molar-refractivity contribution in [3.8, 4) is 5.75 Å². The van der Waals surface area contributed by atoms with Gasteiger partial charge in [-0.1, -0.05) is 30.3 Å². The summed E-state index contributed by atoms with van der Waals surface area (Å²) in [6, 6.07) is 18.2. The number of amides is 1. The van der Waals surface area contributed by atoms with Crippen molar-refractivity contribution in [3.63, 3.8) is 0 Å². The summed E-state index contributed by atoms with van der Waals surface area (Å²) in [6.07, 6.45) is 0.834. The molecule has 1 aliphatic heterocycles. The van der Waals surface area contributed by atoms with E-state index in [1.54, 1.807) is 30.0 Å². The number of ether oxygens (including phenoxy) is 1. The number of hydrogen-bond donors (Lipinski definition) is 1. The van der Waals surface area contributed by atoms with Gasteiger partial charge in [0.05, 0.1) is 4.90 Å². The van der Waals surface area contributed by atoms with Gasteiger partial charge in [-0.3, -0.25) is 9.52 Å². The van der Waals surface area contributed by atoms with Gasteiger partial charge in [-0.25, -0.2) is 8.42 Å². The Morgan fingerprint density at radius 2 is 1.70 bits per heavy atom. The molecule has 1 aliphatic rings. The highest BCUT2D eigenvalue weighted by Crippen LogP contribution is 2.25. The molecule has 0 saturated carbocycles. The lowest BCUT2D eigenvalue weighted by atomic mass is 10.00. The van der Waals surface area contributed by atoms with E-state index < -0.39 is 10.0 Å². The number of aryl methyl sites for hydroxylation is 3. The molecule has 0 saturated heterocycles. The minimum Gasteiger partial charge on any atom is -0.483 e. The molecule has 1 N–H and O–H groups in total. The third-order valence-electron chi connectivity index (χ3n) is 6.05. The van der Waals surface area contributed by atoms with Crippen LogP contribution < -0.4 is 9.46 Å². The maximum Gasteiger partial charge on any atom is 0.261 e. The Morgan fingerprint density at radius 3 is 2.42 bits per heavy atom. The highest BCUT2D eigenvalue weighted by atomic mass is 32.2. The van der Waals surface area contributed by atoms with Crippen molar-refractivity contribution < 1.29 is 17.9 Å². The Kier molecular flexibility index (Phi) is 6.42. The van der Waals surface area contributed by atoms with Crippen LogP contribution in [0, 0.1) is 20.8 Å². The molecule has 0 aliphatic carbocycles. The van der Waals surface area contributed by atoms with E-state index in [2.05, 4.69) is 10.8 Å². The second-order valence-electron chi connectivity index (χ2n) is 8.45. The lowest BCUT2D eigenvalue weighted by Crippen LogP contribution is -2.38. The van der Waals surface area contributed by atoms with Gasteiger partial charge in [0.25, 0.3) is 15.9 Å². The average Bonchev–Trinajstić information content (AvgIpc) is 2.80. The van der Waals surface area contributed by atoms with Gasteiger partial charge in [0.15, 0.2) is 6.61 Å². The lowest BCUT2D eigenvalue weighted by Gasteiger charge is -2.28. The Morgan fingerprint density at radius 1 is 0.939 bits per heavy atom. The van der Waals surface area contributed by atoms with Gasteiger partial charge in [0.2, 0.25) is 0 Å². The van der Waals surface area contributed by atoms with Crippen LogP contribution in [-0.4, -0.2) is 32.4 Å². The zero-order valence-electron chi connectivity index (χ0n) is 19.1. The molecule has 6 nitrogen and oxygen atoms in total. The highest BCUT2D eigenvalue weighted by molar-refractivity contribution is 7.92. The number of sulfonamides is 1. The summed E-state index contributed by atoms with van der Waals surface area (Å²) in [7, 11) is -3.74. The number of anilines is 1. The lowest BCUT2D eigenvalue weighted by molar-refractivity contribution is -0.134. The van der Waals surface area contributed by atoms with Crippen LogP contribution in [0.5, 0.6) is 5.75 Å². The van der Waals surface area contributed by atoms with Crippen LogP contribution in [0.1, 0.15) is 27.8 Å². The van der Waals surface area contributed by atoms with E-state index in [1.807, 2.05) is 44.2 Å². The van der Waals surface area contributed by atoms with Crippen molar-refractivity contribution >= 4 is 21.6 Å². The van der Waals surface area contributed by atoms with Gasteiger partial charge in [-0.05, 0) is 85.3 Å². The third kappa shape index (κ3) is 5.20. The summed E-state index contributed by atoms with van der Waals surface area (Å²) in [5.74, 6) is 0.405. The number of rotatable bonds is 6. The maximum absolute atomic E-state index is 12.8. The molecular formula is C26H28N2O4S. The van der Waals surface area contributed by atoms with Crippen LogP contribution >= 0.6 is 0 Å². The first-order chi connectivity index (χ1) is 15.7. The summed E-state index contributed by atoms with van der Waals surface area (Å²) in [6.45, 7) is 6.85. The zero-order valence-corrected chi connectivity index (χ0v) is 19.9. The number of benzene rings is 3. The predicted octanol–water partition coefficient (Wildman–Crippen LogP) is 4.38. The average molecular weight is 465 g/mol. The number of nitrogens with zero attached hydrogens (tertiary/aromatic N) is 1. The molecular weight excluding hydrogens is 436 g/mol. The molecule has 0 unspecified atom stereocenters. The van der Waals surface area contributed by atoms with Crippen molar-refractivity contribution in [2.45, 2.75) is 38.6 Å². The maximum atomic E-state index is 12.8. The van der Waals surface area contributed by atoms with Crippen LogP contribution in [-0.2, 0) is 27.8 Å². The van der Waals surface area contributed by atoms with Crippen LogP contribution in [0.4, 0.5) is 5.69 Å². The Hall–Kier alpha value is -3.32. The molecule has 1 amide bonds. The summed E-state index contributed by atoms with van der Waals surface area (Å²) >= 11 is 0. The quantitative estimate of drug-likeness (QED) is 0.588. The monoisotopic (exact) mass is 464 g/mol. The molecule has 0 aromatic heterocycles. The topological polar surface area (TPSA) is 75.7 Å². The first-order valence-electron chi connectivity index (χ1n) is 10.9. The second kappa shape index (κ2) is 9.27. The van der Waals surface area contributed by atoms with Crippen molar-refractivity contribution in [2.24, 2.45) is 0 Å². The van der Waals surface area contributed by atoms with E-state index in [0.717, 1.165) is 17.5 Å². The van der Waals surface area contributed by atoms with Crippen LogP contribution in [0.2, 0.25) is 0 Å². The normalized spacial score (nSPS) is 13.4. The number of carbonyl (C=O) groups excluding carboxylic acids is 1.